The Kier molecular flexibility index (Phi) is 3.02. The predicted molar refractivity (Wildman–Crippen MR) is 64.0 cm³/mol. The van der Waals surface area contributed by atoms with Crippen LogP contribution < -0.4 is 4.74 Å². The van der Waals surface area contributed by atoms with E-state index in [0.29, 0.717) is 5.65 Å². The summed E-state index contributed by atoms with van der Waals surface area (Å²) < 4.78 is 6.42. The number of rotatable bonds is 3. The largest absolute Gasteiger partial charge is 0.453 e. The molecule has 0 bridgehead atoms. The number of imidazole rings is 1. The predicted octanol–water partition coefficient (Wildman–Crippen LogP) is 0.733. The Hall–Kier alpha value is -1.63. The molecular formula is C12H16N2O4. The third-order valence-electron chi connectivity index (χ3n) is 2.68. The highest BCUT2D eigenvalue weighted by molar-refractivity contribution is 5.56. The number of hydrogen-bond acceptors (Lipinski definition) is 5. The highest BCUT2D eigenvalue weighted by Crippen LogP contribution is 2.26. The van der Waals surface area contributed by atoms with Crippen LogP contribution in [-0.2, 0) is 0 Å². The van der Waals surface area contributed by atoms with Gasteiger partial charge in [0.2, 0.25) is 0 Å². The second-order valence-corrected chi connectivity index (χ2v) is 4.48. The van der Waals surface area contributed by atoms with Crippen molar-refractivity contribution in [2.75, 3.05) is 0 Å². The van der Waals surface area contributed by atoms with Crippen LogP contribution in [0.1, 0.15) is 31.2 Å². The molecule has 2 heterocycles. The van der Waals surface area contributed by atoms with Gasteiger partial charge in [0.1, 0.15) is 0 Å². The Morgan fingerprint density at radius 1 is 1.33 bits per heavy atom. The summed E-state index contributed by atoms with van der Waals surface area (Å²) in [6.45, 7) is 5.96. The smallest absolute Gasteiger partial charge is 0.413 e. The average Bonchev–Trinajstić information content (AvgIpc) is 2.56. The summed E-state index contributed by atoms with van der Waals surface area (Å²) in [7, 11) is 0. The molecular weight excluding hydrogens is 236 g/mol. The number of aromatic nitrogens is 2. The van der Waals surface area contributed by atoms with Crippen molar-refractivity contribution in [3.05, 3.63) is 29.7 Å². The summed E-state index contributed by atoms with van der Waals surface area (Å²) >= 11 is 0. The lowest BCUT2D eigenvalue weighted by molar-refractivity contribution is -0.419. The average molecular weight is 252 g/mol. The lowest BCUT2D eigenvalue weighted by Gasteiger charge is -2.15. The Labute approximate surface area is 104 Å². The quantitative estimate of drug-likeness (QED) is 0.701. The van der Waals surface area contributed by atoms with Crippen LogP contribution in [0.5, 0.6) is 5.75 Å². The monoisotopic (exact) mass is 252 g/mol. The molecule has 2 rings (SSSR count). The van der Waals surface area contributed by atoms with Crippen molar-refractivity contribution in [1.29, 1.82) is 0 Å². The van der Waals surface area contributed by atoms with Gasteiger partial charge in [-0.25, -0.2) is 4.98 Å². The number of aryl methyl sites for hydroxylation is 1. The third kappa shape index (κ3) is 2.31. The first-order chi connectivity index (χ1) is 8.29. The molecule has 3 N–H and O–H groups in total. The molecule has 6 nitrogen and oxygen atoms in total. The van der Waals surface area contributed by atoms with E-state index in [1.54, 1.807) is 16.7 Å². The van der Waals surface area contributed by atoms with Gasteiger partial charge in [-0.05, 0) is 25.0 Å². The zero-order chi connectivity index (χ0) is 13.5. The topological polar surface area (TPSA) is 87.2 Å². The van der Waals surface area contributed by atoms with E-state index >= 15 is 0 Å². The Morgan fingerprint density at radius 3 is 2.56 bits per heavy atom. The highest BCUT2D eigenvalue weighted by atomic mass is 16.9. The molecule has 0 aliphatic rings. The number of pyridine rings is 1. The zero-order valence-corrected chi connectivity index (χ0v) is 10.5. The maximum atomic E-state index is 8.87. The molecule has 0 unspecified atom stereocenters. The van der Waals surface area contributed by atoms with E-state index in [4.69, 9.17) is 15.3 Å². The summed E-state index contributed by atoms with van der Waals surface area (Å²) in [6.07, 6.45) is -1.41. The summed E-state index contributed by atoms with van der Waals surface area (Å²) in [5.74, 6) is 0.333. The second kappa shape index (κ2) is 4.24. The third-order valence-corrected chi connectivity index (χ3v) is 2.68. The first-order valence-electron chi connectivity index (χ1n) is 5.63. The van der Waals surface area contributed by atoms with Crippen LogP contribution in [0.25, 0.3) is 5.65 Å². The molecule has 2 aromatic rings. The summed E-state index contributed by atoms with van der Waals surface area (Å²) in [5.41, 5.74) is 2.27. The maximum absolute atomic E-state index is 8.87. The van der Waals surface area contributed by atoms with E-state index in [2.05, 4.69) is 9.72 Å². The number of ether oxygens (including phenoxy) is 1. The fourth-order valence-electron chi connectivity index (χ4n) is 1.95. The molecule has 0 fully saturated rings. The van der Waals surface area contributed by atoms with Crippen molar-refractivity contribution < 1.29 is 20.1 Å². The SMILES string of the molecule is Cc1c(C(C)C)nc2c(OC(O)(O)O)cccn12. The van der Waals surface area contributed by atoms with Crippen LogP contribution in [-0.4, -0.2) is 30.9 Å². The van der Waals surface area contributed by atoms with Gasteiger partial charge in [0.15, 0.2) is 11.4 Å². The lowest BCUT2D eigenvalue weighted by atomic mass is 10.1. The van der Waals surface area contributed by atoms with Crippen molar-refractivity contribution in [2.24, 2.45) is 0 Å². The lowest BCUT2D eigenvalue weighted by Crippen LogP contribution is -2.34. The number of fused-ring (bicyclic) bond motifs is 1. The minimum absolute atomic E-state index is 0.0972. The van der Waals surface area contributed by atoms with Crippen LogP contribution >= 0.6 is 0 Å². The van der Waals surface area contributed by atoms with Crippen molar-refractivity contribution in [2.45, 2.75) is 32.8 Å². The molecule has 18 heavy (non-hydrogen) atoms. The summed E-state index contributed by atoms with van der Waals surface area (Å²) in [6, 6.07) is 3.18. The molecule has 0 aromatic carbocycles. The molecule has 0 atom stereocenters. The Morgan fingerprint density at radius 2 is 2.00 bits per heavy atom. The minimum atomic E-state index is -3.21. The fraction of sp³-hybridized carbons (Fsp3) is 0.417. The molecule has 0 saturated heterocycles. The van der Waals surface area contributed by atoms with E-state index in [9.17, 15) is 0 Å². The van der Waals surface area contributed by atoms with E-state index in [1.165, 1.54) is 6.07 Å². The standard InChI is InChI=1S/C12H16N2O4/c1-7(2)10-8(3)14-6-4-5-9(11(14)13-10)18-12(15,16)17/h4-7,15-17H,1-3H3. The Bertz CT molecular complexity index is 569. The highest BCUT2D eigenvalue weighted by Gasteiger charge is 2.24. The van der Waals surface area contributed by atoms with E-state index < -0.39 is 6.16 Å². The van der Waals surface area contributed by atoms with E-state index in [-0.39, 0.29) is 11.7 Å². The molecule has 0 aliphatic carbocycles. The maximum Gasteiger partial charge on any atom is 0.453 e. The normalized spacial score (nSPS) is 12.4. The molecule has 0 amide bonds. The molecule has 2 aromatic heterocycles. The molecule has 0 radical (unpaired) electrons. The molecule has 0 spiro atoms. The van der Waals surface area contributed by atoms with Crippen LogP contribution in [0, 0.1) is 6.92 Å². The first kappa shape index (κ1) is 12.8. The van der Waals surface area contributed by atoms with Gasteiger partial charge in [-0.3, -0.25) is 0 Å². The van der Waals surface area contributed by atoms with Crippen LogP contribution in [0.3, 0.4) is 0 Å². The van der Waals surface area contributed by atoms with Crippen LogP contribution in [0.2, 0.25) is 0 Å². The molecule has 98 valence electrons. The van der Waals surface area contributed by atoms with Crippen molar-refractivity contribution >= 4 is 5.65 Å². The van der Waals surface area contributed by atoms with Gasteiger partial charge in [-0.1, -0.05) is 13.8 Å². The second-order valence-electron chi connectivity index (χ2n) is 4.48. The number of nitrogens with zero attached hydrogens (tertiary/aromatic N) is 2. The van der Waals surface area contributed by atoms with Gasteiger partial charge < -0.3 is 24.5 Å². The van der Waals surface area contributed by atoms with E-state index in [0.717, 1.165) is 11.4 Å². The molecule has 0 aliphatic heterocycles. The fourth-order valence-corrected chi connectivity index (χ4v) is 1.95. The summed E-state index contributed by atoms with van der Waals surface area (Å²) in [5, 5.41) is 26.6. The zero-order valence-electron chi connectivity index (χ0n) is 10.5. The van der Waals surface area contributed by atoms with E-state index in [1.807, 2.05) is 20.8 Å². The minimum Gasteiger partial charge on any atom is -0.413 e. The van der Waals surface area contributed by atoms with Crippen LogP contribution in [0.4, 0.5) is 0 Å². The number of aliphatic hydroxyl groups is 3. The molecule has 6 heteroatoms. The van der Waals surface area contributed by atoms with Gasteiger partial charge in [0.05, 0.1) is 5.69 Å². The van der Waals surface area contributed by atoms with Gasteiger partial charge in [0, 0.05) is 11.9 Å². The Balaban J connectivity index is 2.59. The number of hydrogen-bond donors (Lipinski definition) is 3. The molecule has 0 saturated carbocycles. The first-order valence-corrected chi connectivity index (χ1v) is 5.63. The van der Waals surface area contributed by atoms with Gasteiger partial charge >= 0.3 is 6.16 Å². The van der Waals surface area contributed by atoms with Crippen molar-refractivity contribution in [3.63, 3.8) is 0 Å². The van der Waals surface area contributed by atoms with Crippen LogP contribution in [0.15, 0.2) is 18.3 Å². The van der Waals surface area contributed by atoms with Crippen molar-refractivity contribution in [3.8, 4) is 5.75 Å². The summed E-state index contributed by atoms with van der Waals surface area (Å²) in [4.78, 5) is 4.40. The van der Waals surface area contributed by atoms with Crippen molar-refractivity contribution in [1.82, 2.24) is 9.38 Å². The van der Waals surface area contributed by atoms with Gasteiger partial charge in [-0.15, -0.1) is 0 Å². The van der Waals surface area contributed by atoms with Gasteiger partial charge in [0.25, 0.3) is 0 Å². The van der Waals surface area contributed by atoms with Gasteiger partial charge in [-0.2, -0.15) is 0 Å².